The molecule has 2 aromatic rings. The maximum atomic E-state index is 13.9. The number of carbonyl (C=O) groups is 4. The fourth-order valence-electron chi connectivity index (χ4n) is 5.04. The third-order valence-electron chi connectivity index (χ3n) is 7.01. The van der Waals surface area contributed by atoms with Crippen molar-refractivity contribution >= 4 is 61.1 Å². The summed E-state index contributed by atoms with van der Waals surface area (Å²) >= 11 is 3.40. The van der Waals surface area contributed by atoms with Crippen molar-refractivity contribution < 1.29 is 37.1 Å². The molecule has 2 aliphatic heterocycles. The Morgan fingerprint density at radius 2 is 1.65 bits per heavy atom. The molecular weight excluding hydrogens is 606 g/mol. The number of rotatable bonds is 7. The van der Waals surface area contributed by atoms with Gasteiger partial charge in [-0.1, -0.05) is 22.9 Å². The van der Waals surface area contributed by atoms with E-state index in [1.165, 1.54) is 47.7 Å². The molecule has 2 aromatic carbocycles. The Morgan fingerprint density at radius 3 is 2.25 bits per heavy atom. The van der Waals surface area contributed by atoms with Crippen LogP contribution in [0.3, 0.4) is 0 Å². The zero-order valence-electron chi connectivity index (χ0n) is 22.4. The summed E-state index contributed by atoms with van der Waals surface area (Å²) in [5.41, 5.74) is 1.43. The number of benzene rings is 2. The molecule has 2 heterocycles. The number of piperidine rings is 1. The Labute approximate surface area is 241 Å². The molecule has 2 amide bonds. The SMILES string of the molecule is CCC(=O)N1CCc2cc(Br)cc(S(=O)(=O)N3CCC[C@H](C(=O)Nc4cc(C(=O)OC)cc(C(=O)OC)c4)C3)c21. The number of esters is 2. The first-order valence-corrected chi connectivity index (χ1v) is 15.0. The molecule has 1 N–H and O–H groups in total. The lowest BCUT2D eigenvalue weighted by molar-refractivity contribution is -0.121. The normalized spacial score (nSPS) is 17.2. The van der Waals surface area contributed by atoms with Crippen molar-refractivity contribution in [3.05, 3.63) is 51.5 Å². The lowest BCUT2D eigenvalue weighted by atomic mass is 9.98. The third kappa shape index (κ3) is 5.91. The molecule has 2 aliphatic rings. The topological polar surface area (TPSA) is 139 Å². The highest BCUT2D eigenvalue weighted by Gasteiger charge is 2.38. The lowest BCUT2D eigenvalue weighted by Gasteiger charge is -2.32. The van der Waals surface area contributed by atoms with Gasteiger partial charge in [0.25, 0.3) is 0 Å². The van der Waals surface area contributed by atoms with Gasteiger partial charge in [0.15, 0.2) is 0 Å². The Kier molecular flexibility index (Phi) is 8.96. The van der Waals surface area contributed by atoms with Crippen LogP contribution in [0.5, 0.6) is 0 Å². The van der Waals surface area contributed by atoms with Gasteiger partial charge in [0.1, 0.15) is 4.90 Å². The molecular formula is C27H30BrN3O8S. The van der Waals surface area contributed by atoms with Crippen LogP contribution in [0.4, 0.5) is 11.4 Å². The van der Waals surface area contributed by atoms with Gasteiger partial charge < -0.3 is 19.7 Å². The number of hydrogen-bond donors (Lipinski definition) is 1. The second-order valence-electron chi connectivity index (χ2n) is 9.53. The number of fused-ring (bicyclic) bond motifs is 1. The molecule has 11 nitrogen and oxygen atoms in total. The first-order valence-electron chi connectivity index (χ1n) is 12.8. The molecule has 1 atom stereocenters. The largest absolute Gasteiger partial charge is 0.465 e. The van der Waals surface area contributed by atoms with Crippen LogP contribution in [0.25, 0.3) is 0 Å². The zero-order chi connectivity index (χ0) is 29.2. The molecule has 0 unspecified atom stereocenters. The minimum Gasteiger partial charge on any atom is -0.465 e. The minimum atomic E-state index is -4.06. The van der Waals surface area contributed by atoms with Crippen molar-refractivity contribution in [2.45, 2.75) is 37.5 Å². The van der Waals surface area contributed by atoms with Crippen molar-refractivity contribution in [2.75, 3.05) is 44.1 Å². The van der Waals surface area contributed by atoms with Gasteiger partial charge in [-0.3, -0.25) is 9.59 Å². The maximum Gasteiger partial charge on any atom is 0.337 e. The number of carbonyl (C=O) groups excluding carboxylic acids is 4. The van der Waals surface area contributed by atoms with E-state index in [1.807, 2.05) is 6.07 Å². The summed E-state index contributed by atoms with van der Waals surface area (Å²) in [6.45, 7) is 2.29. The van der Waals surface area contributed by atoms with Gasteiger partial charge in [-0.25, -0.2) is 18.0 Å². The molecule has 214 valence electrons. The summed E-state index contributed by atoms with van der Waals surface area (Å²) in [6.07, 6.45) is 1.68. The number of methoxy groups -OCH3 is 2. The molecule has 4 rings (SSSR count). The fraction of sp³-hybridized carbons (Fsp3) is 0.407. The van der Waals surface area contributed by atoms with E-state index in [1.54, 1.807) is 6.92 Å². The molecule has 0 spiro atoms. The zero-order valence-corrected chi connectivity index (χ0v) is 24.8. The van der Waals surface area contributed by atoms with E-state index < -0.39 is 33.8 Å². The molecule has 1 fully saturated rings. The second-order valence-corrected chi connectivity index (χ2v) is 12.4. The fourth-order valence-corrected chi connectivity index (χ4v) is 7.48. The van der Waals surface area contributed by atoms with Crippen molar-refractivity contribution in [3.8, 4) is 0 Å². The molecule has 13 heteroatoms. The summed E-state index contributed by atoms with van der Waals surface area (Å²) in [6, 6.07) is 7.38. The third-order valence-corrected chi connectivity index (χ3v) is 9.35. The van der Waals surface area contributed by atoms with Crippen molar-refractivity contribution in [1.29, 1.82) is 0 Å². The van der Waals surface area contributed by atoms with Crippen LogP contribution < -0.4 is 10.2 Å². The number of nitrogens with zero attached hydrogens (tertiary/aromatic N) is 2. The van der Waals surface area contributed by atoms with Gasteiger partial charge in [-0.2, -0.15) is 4.31 Å². The Morgan fingerprint density at radius 1 is 1.00 bits per heavy atom. The quantitative estimate of drug-likeness (QED) is 0.457. The molecule has 40 heavy (non-hydrogen) atoms. The lowest BCUT2D eigenvalue weighted by Crippen LogP contribution is -2.44. The highest BCUT2D eigenvalue weighted by atomic mass is 79.9. The number of anilines is 2. The van der Waals surface area contributed by atoms with Crippen molar-refractivity contribution in [1.82, 2.24) is 4.31 Å². The monoisotopic (exact) mass is 635 g/mol. The van der Waals surface area contributed by atoms with E-state index in [0.717, 1.165) is 5.56 Å². The van der Waals surface area contributed by atoms with E-state index >= 15 is 0 Å². The van der Waals surface area contributed by atoms with Crippen LogP contribution in [0, 0.1) is 5.92 Å². The van der Waals surface area contributed by atoms with Crippen LogP contribution in [0.15, 0.2) is 39.7 Å². The number of sulfonamides is 1. The van der Waals surface area contributed by atoms with Crippen LogP contribution in [-0.4, -0.2) is 70.3 Å². The first kappa shape index (κ1) is 29.7. The molecule has 0 aliphatic carbocycles. The summed E-state index contributed by atoms with van der Waals surface area (Å²) in [5.74, 6) is -2.71. The van der Waals surface area contributed by atoms with Gasteiger partial charge in [-0.15, -0.1) is 0 Å². The van der Waals surface area contributed by atoms with E-state index in [4.69, 9.17) is 9.47 Å². The standard InChI is InChI=1S/C27H30BrN3O8S/c1-4-23(32)31-9-7-16-11-20(28)14-22(24(16)31)40(36,37)30-8-5-6-17(15-30)25(33)29-21-12-18(26(34)38-2)10-19(13-21)27(35)39-3/h10-14,17H,4-9,15H2,1-3H3,(H,29,33)/t17-/m0/s1. The van der Waals surface area contributed by atoms with Gasteiger partial charge in [-0.05, 0) is 55.2 Å². The van der Waals surface area contributed by atoms with Crippen LogP contribution >= 0.6 is 15.9 Å². The summed E-state index contributed by atoms with van der Waals surface area (Å²) in [5, 5.41) is 2.71. The summed E-state index contributed by atoms with van der Waals surface area (Å²) < 4.78 is 39.2. The predicted octanol–water partition coefficient (Wildman–Crippen LogP) is 3.36. The molecule has 0 saturated carbocycles. The number of amides is 2. The first-order chi connectivity index (χ1) is 19.0. The molecule has 0 bridgehead atoms. The van der Waals surface area contributed by atoms with Crippen LogP contribution in [0.1, 0.15) is 52.5 Å². The summed E-state index contributed by atoms with van der Waals surface area (Å²) in [4.78, 5) is 51.6. The molecule has 1 saturated heterocycles. The van der Waals surface area contributed by atoms with Gasteiger partial charge in [0.2, 0.25) is 21.8 Å². The number of nitrogens with one attached hydrogen (secondary N) is 1. The number of halogens is 1. The van der Waals surface area contributed by atoms with Crippen molar-refractivity contribution in [3.63, 3.8) is 0 Å². The highest BCUT2D eigenvalue weighted by Crippen LogP contribution is 2.40. The Balaban J connectivity index is 1.60. The van der Waals surface area contributed by atoms with Gasteiger partial charge in [0, 0.05) is 36.2 Å². The van der Waals surface area contributed by atoms with E-state index in [2.05, 4.69) is 21.2 Å². The Bertz CT molecular complexity index is 1440. The summed E-state index contributed by atoms with van der Waals surface area (Å²) in [7, 11) is -1.67. The average molecular weight is 637 g/mol. The average Bonchev–Trinajstić information content (AvgIpc) is 3.38. The highest BCUT2D eigenvalue weighted by molar-refractivity contribution is 9.10. The van der Waals surface area contributed by atoms with E-state index in [9.17, 15) is 27.6 Å². The van der Waals surface area contributed by atoms with Gasteiger partial charge >= 0.3 is 11.9 Å². The van der Waals surface area contributed by atoms with Crippen LogP contribution in [-0.2, 0) is 35.5 Å². The van der Waals surface area contributed by atoms with Gasteiger partial charge in [0.05, 0.1) is 37.0 Å². The van der Waals surface area contributed by atoms with Crippen LogP contribution in [0.2, 0.25) is 0 Å². The Hall–Kier alpha value is -3.29. The number of ether oxygens (including phenoxy) is 2. The minimum absolute atomic E-state index is 0.0331. The number of hydrogen-bond acceptors (Lipinski definition) is 8. The maximum absolute atomic E-state index is 13.9. The molecule has 0 radical (unpaired) electrons. The van der Waals surface area contributed by atoms with Crippen molar-refractivity contribution in [2.24, 2.45) is 5.92 Å². The second kappa shape index (κ2) is 12.1. The predicted molar refractivity (Wildman–Crippen MR) is 150 cm³/mol. The molecule has 0 aromatic heterocycles. The smallest absolute Gasteiger partial charge is 0.337 e. The van der Waals surface area contributed by atoms with E-state index in [0.29, 0.717) is 36.0 Å². The van der Waals surface area contributed by atoms with E-state index in [-0.39, 0.29) is 47.1 Å².